The topological polar surface area (TPSA) is 39.2 Å². The van der Waals surface area contributed by atoms with Gasteiger partial charge >= 0.3 is 0 Å². The average Bonchev–Trinajstić information content (AvgIpc) is 2.73. The molecule has 0 spiro atoms. The van der Waals surface area contributed by atoms with E-state index < -0.39 is 0 Å². The first-order chi connectivity index (χ1) is 5.36. The highest BCUT2D eigenvalue weighted by molar-refractivity contribution is 5.02. The average molecular weight is 151 g/mol. The molecule has 0 aromatic carbocycles. The van der Waals surface area contributed by atoms with E-state index in [1.807, 2.05) is 12.1 Å². The third-order valence-corrected chi connectivity index (χ3v) is 2.24. The van der Waals surface area contributed by atoms with E-state index in [0.717, 1.165) is 18.1 Å². The van der Waals surface area contributed by atoms with Gasteiger partial charge in [-0.15, -0.1) is 0 Å². The fraction of sp³-hybridized carbons (Fsp3) is 0.556. The van der Waals surface area contributed by atoms with Gasteiger partial charge in [0.2, 0.25) is 0 Å². The smallest absolute Gasteiger partial charge is 0.105 e. The third-order valence-electron chi connectivity index (χ3n) is 2.24. The van der Waals surface area contributed by atoms with Gasteiger partial charge < -0.3 is 10.2 Å². The van der Waals surface area contributed by atoms with Crippen LogP contribution in [0, 0.1) is 5.92 Å². The van der Waals surface area contributed by atoms with Crippen LogP contribution in [0.3, 0.4) is 0 Å². The second-order valence-electron chi connectivity index (χ2n) is 3.28. The molecule has 2 heteroatoms. The van der Waals surface area contributed by atoms with Crippen molar-refractivity contribution in [3.63, 3.8) is 0 Å². The molecule has 1 atom stereocenters. The fourth-order valence-electron chi connectivity index (χ4n) is 1.35. The molecule has 0 amide bonds. The lowest BCUT2D eigenvalue weighted by molar-refractivity contribution is 0.467. The molecule has 11 heavy (non-hydrogen) atoms. The molecule has 1 unspecified atom stereocenters. The molecule has 1 aromatic heterocycles. The molecule has 1 saturated carbocycles. The minimum atomic E-state index is 0.321. The van der Waals surface area contributed by atoms with E-state index in [1.54, 1.807) is 6.26 Å². The Morgan fingerprint density at radius 3 is 3.00 bits per heavy atom. The molecule has 1 heterocycles. The molecule has 0 radical (unpaired) electrons. The molecule has 0 saturated heterocycles. The monoisotopic (exact) mass is 151 g/mol. The Labute approximate surface area is 66.4 Å². The first kappa shape index (κ1) is 6.92. The maximum atomic E-state index is 5.91. The molecule has 60 valence electrons. The maximum absolute atomic E-state index is 5.91. The van der Waals surface area contributed by atoms with E-state index in [2.05, 4.69) is 0 Å². The number of hydrogen-bond acceptors (Lipinski definition) is 2. The molecule has 2 rings (SSSR count). The standard InChI is InChI=1S/C9H13NO/c10-9(7-3-4-7)6-8-2-1-5-11-8/h1-2,5,7,9H,3-4,6,10H2. The highest BCUT2D eigenvalue weighted by Gasteiger charge is 2.28. The van der Waals surface area contributed by atoms with E-state index >= 15 is 0 Å². The number of rotatable bonds is 3. The van der Waals surface area contributed by atoms with Gasteiger partial charge in [-0.1, -0.05) is 0 Å². The van der Waals surface area contributed by atoms with Crippen LogP contribution in [0.15, 0.2) is 22.8 Å². The van der Waals surface area contributed by atoms with Gasteiger partial charge in [0, 0.05) is 12.5 Å². The zero-order valence-corrected chi connectivity index (χ0v) is 6.49. The van der Waals surface area contributed by atoms with E-state index in [0.29, 0.717) is 6.04 Å². The van der Waals surface area contributed by atoms with Crippen molar-refractivity contribution >= 4 is 0 Å². The number of hydrogen-bond donors (Lipinski definition) is 1. The van der Waals surface area contributed by atoms with Crippen LogP contribution in [-0.2, 0) is 6.42 Å². The van der Waals surface area contributed by atoms with Crippen LogP contribution in [0.5, 0.6) is 0 Å². The second-order valence-corrected chi connectivity index (χ2v) is 3.28. The van der Waals surface area contributed by atoms with Gasteiger partial charge in [-0.05, 0) is 30.9 Å². The van der Waals surface area contributed by atoms with Gasteiger partial charge in [-0.25, -0.2) is 0 Å². The van der Waals surface area contributed by atoms with Crippen LogP contribution in [-0.4, -0.2) is 6.04 Å². The minimum absolute atomic E-state index is 0.321. The van der Waals surface area contributed by atoms with Gasteiger partial charge in [0.1, 0.15) is 5.76 Å². The van der Waals surface area contributed by atoms with Gasteiger partial charge in [0.05, 0.1) is 6.26 Å². The first-order valence-electron chi connectivity index (χ1n) is 4.14. The summed E-state index contributed by atoms with van der Waals surface area (Å²) in [4.78, 5) is 0. The van der Waals surface area contributed by atoms with Crippen molar-refractivity contribution in [1.82, 2.24) is 0 Å². The summed E-state index contributed by atoms with van der Waals surface area (Å²) in [7, 11) is 0. The SMILES string of the molecule is NC(Cc1ccco1)C1CC1. The van der Waals surface area contributed by atoms with E-state index in [9.17, 15) is 0 Å². The lowest BCUT2D eigenvalue weighted by Crippen LogP contribution is -2.24. The van der Waals surface area contributed by atoms with Crippen LogP contribution in [0.2, 0.25) is 0 Å². The van der Waals surface area contributed by atoms with Gasteiger partial charge in [0.25, 0.3) is 0 Å². The summed E-state index contributed by atoms with van der Waals surface area (Å²) in [6.07, 6.45) is 5.22. The summed E-state index contributed by atoms with van der Waals surface area (Å²) in [5, 5.41) is 0. The predicted molar refractivity (Wildman–Crippen MR) is 43.1 cm³/mol. The van der Waals surface area contributed by atoms with E-state index in [1.165, 1.54) is 12.8 Å². The van der Waals surface area contributed by atoms with Crippen molar-refractivity contribution < 1.29 is 4.42 Å². The van der Waals surface area contributed by atoms with Crippen molar-refractivity contribution in [2.75, 3.05) is 0 Å². The number of nitrogens with two attached hydrogens (primary N) is 1. The van der Waals surface area contributed by atoms with Crippen molar-refractivity contribution in [1.29, 1.82) is 0 Å². The summed E-state index contributed by atoms with van der Waals surface area (Å²) in [5.74, 6) is 1.78. The molecule has 1 aliphatic carbocycles. The van der Waals surface area contributed by atoms with Crippen LogP contribution in [0.4, 0.5) is 0 Å². The van der Waals surface area contributed by atoms with Crippen molar-refractivity contribution in [2.24, 2.45) is 11.7 Å². The Bertz CT molecular complexity index is 213. The summed E-state index contributed by atoms with van der Waals surface area (Å²) < 4.78 is 5.20. The predicted octanol–water partition coefficient (Wildman–Crippen LogP) is 1.56. The molecule has 1 aromatic rings. The van der Waals surface area contributed by atoms with Crippen molar-refractivity contribution in [3.05, 3.63) is 24.2 Å². The summed E-state index contributed by atoms with van der Waals surface area (Å²) in [6, 6.07) is 4.22. The zero-order valence-electron chi connectivity index (χ0n) is 6.49. The molecule has 0 aliphatic heterocycles. The van der Waals surface area contributed by atoms with Crippen LogP contribution in [0.1, 0.15) is 18.6 Å². The van der Waals surface area contributed by atoms with Crippen LogP contribution in [0.25, 0.3) is 0 Å². The second kappa shape index (κ2) is 2.70. The van der Waals surface area contributed by atoms with Crippen LogP contribution >= 0.6 is 0 Å². The Morgan fingerprint density at radius 1 is 1.64 bits per heavy atom. The Balaban J connectivity index is 1.89. The summed E-state index contributed by atoms with van der Waals surface area (Å²) >= 11 is 0. The molecule has 1 fully saturated rings. The first-order valence-corrected chi connectivity index (χ1v) is 4.14. The Hall–Kier alpha value is -0.760. The Kier molecular flexibility index (Phi) is 1.70. The van der Waals surface area contributed by atoms with Crippen molar-refractivity contribution in [2.45, 2.75) is 25.3 Å². The van der Waals surface area contributed by atoms with Crippen LogP contribution < -0.4 is 5.73 Å². The minimum Gasteiger partial charge on any atom is -0.469 e. The summed E-state index contributed by atoms with van der Waals surface area (Å²) in [5.41, 5.74) is 5.91. The van der Waals surface area contributed by atoms with E-state index in [4.69, 9.17) is 10.2 Å². The quantitative estimate of drug-likeness (QED) is 0.712. The highest BCUT2D eigenvalue weighted by Crippen LogP contribution is 2.32. The molecule has 2 nitrogen and oxygen atoms in total. The lowest BCUT2D eigenvalue weighted by Gasteiger charge is -2.06. The third kappa shape index (κ3) is 1.63. The van der Waals surface area contributed by atoms with Gasteiger partial charge in [-0.2, -0.15) is 0 Å². The largest absolute Gasteiger partial charge is 0.469 e. The Morgan fingerprint density at radius 2 is 2.45 bits per heavy atom. The van der Waals surface area contributed by atoms with Gasteiger partial charge in [0.15, 0.2) is 0 Å². The lowest BCUT2D eigenvalue weighted by atomic mass is 10.1. The fourth-order valence-corrected chi connectivity index (χ4v) is 1.35. The molecule has 0 bridgehead atoms. The normalized spacial score (nSPS) is 20.1. The molecule has 1 aliphatic rings. The summed E-state index contributed by atoms with van der Waals surface area (Å²) in [6.45, 7) is 0. The maximum Gasteiger partial charge on any atom is 0.105 e. The highest BCUT2D eigenvalue weighted by atomic mass is 16.3. The van der Waals surface area contributed by atoms with E-state index in [-0.39, 0.29) is 0 Å². The van der Waals surface area contributed by atoms with Crippen molar-refractivity contribution in [3.8, 4) is 0 Å². The molecular weight excluding hydrogens is 138 g/mol. The molecule has 2 N–H and O–H groups in total. The zero-order chi connectivity index (χ0) is 7.68. The molecular formula is C9H13NO. The number of furan rings is 1. The van der Waals surface area contributed by atoms with Gasteiger partial charge in [-0.3, -0.25) is 0 Å².